The fourth-order valence-electron chi connectivity index (χ4n) is 2.44. The SMILES string of the molecule is CCNc1ncnc(NCCN(C)C2CC2)c1C(C)C. The van der Waals surface area contributed by atoms with Gasteiger partial charge in [-0.2, -0.15) is 0 Å². The molecule has 1 saturated carbocycles. The van der Waals surface area contributed by atoms with Crippen LogP contribution in [0.3, 0.4) is 0 Å². The number of hydrogen-bond acceptors (Lipinski definition) is 5. The topological polar surface area (TPSA) is 53.1 Å². The molecule has 5 heteroatoms. The number of nitrogens with zero attached hydrogens (tertiary/aromatic N) is 3. The monoisotopic (exact) mass is 277 g/mol. The quantitative estimate of drug-likeness (QED) is 0.765. The van der Waals surface area contributed by atoms with Crippen LogP contribution in [0.5, 0.6) is 0 Å². The Balaban J connectivity index is 1.99. The number of anilines is 2. The maximum Gasteiger partial charge on any atom is 0.135 e. The average molecular weight is 277 g/mol. The van der Waals surface area contributed by atoms with Crippen LogP contribution in [-0.2, 0) is 0 Å². The van der Waals surface area contributed by atoms with Crippen molar-refractivity contribution in [1.82, 2.24) is 14.9 Å². The van der Waals surface area contributed by atoms with E-state index in [1.807, 2.05) is 0 Å². The van der Waals surface area contributed by atoms with Crippen LogP contribution in [-0.4, -0.2) is 47.6 Å². The van der Waals surface area contributed by atoms with Crippen LogP contribution < -0.4 is 10.6 Å². The van der Waals surface area contributed by atoms with Crippen molar-refractivity contribution in [3.8, 4) is 0 Å². The summed E-state index contributed by atoms with van der Waals surface area (Å²) in [7, 11) is 2.20. The van der Waals surface area contributed by atoms with Crippen molar-refractivity contribution in [3.05, 3.63) is 11.9 Å². The highest BCUT2D eigenvalue weighted by Crippen LogP contribution is 2.28. The summed E-state index contributed by atoms with van der Waals surface area (Å²) in [4.78, 5) is 11.2. The number of hydrogen-bond donors (Lipinski definition) is 2. The Bertz CT molecular complexity index is 428. The zero-order valence-electron chi connectivity index (χ0n) is 13.1. The summed E-state index contributed by atoms with van der Waals surface area (Å²) in [5.74, 6) is 2.32. The number of aromatic nitrogens is 2. The fourth-order valence-corrected chi connectivity index (χ4v) is 2.44. The minimum atomic E-state index is 0.397. The molecule has 0 aromatic carbocycles. The Hall–Kier alpha value is -1.36. The normalized spacial score (nSPS) is 14.9. The van der Waals surface area contributed by atoms with E-state index in [1.54, 1.807) is 6.33 Å². The van der Waals surface area contributed by atoms with E-state index in [-0.39, 0.29) is 0 Å². The highest BCUT2D eigenvalue weighted by atomic mass is 15.2. The molecular weight excluding hydrogens is 250 g/mol. The van der Waals surface area contributed by atoms with Gasteiger partial charge in [-0.1, -0.05) is 13.8 Å². The van der Waals surface area contributed by atoms with Gasteiger partial charge in [0.2, 0.25) is 0 Å². The predicted octanol–water partition coefficient (Wildman–Crippen LogP) is 2.54. The van der Waals surface area contributed by atoms with Gasteiger partial charge in [0.15, 0.2) is 0 Å². The van der Waals surface area contributed by atoms with Gasteiger partial charge in [0.05, 0.1) is 0 Å². The molecule has 0 bridgehead atoms. The Morgan fingerprint density at radius 2 is 1.90 bits per heavy atom. The summed E-state index contributed by atoms with van der Waals surface area (Å²) in [5.41, 5.74) is 1.18. The largest absolute Gasteiger partial charge is 0.370 e. The van der Waals surface area contributed by atoms with E-state index in [4.69, 9.17) is 0 Å². The third-order valence-electron chi connectivity index (χ3n) is 3.73. The molecule has 112 valence electrons. The lowest BCUT2D eigenvalue weighted by atomic mass is 10.0. The first kappa shape index (κ1) is 15.0. The van der Waals surface area contributed by atoms with Crippen molar-refractivity contribution in [1.29, 1.82) is 0 Å². The number of likely N-dealkylation sites (N-methyl/N-ethyl adjacent to an activating group) is 1. The lowest BCUT2D eigenvalue weighted by molar-refractivity contribution is 0.337. The van der Waals surface area contributed by atoms with Crippen molar-refractivity contribution in [2.24, 2.45) is 0 Å². The molecule has 0 atom stereocenters. The van der Waals surface area contributed by atoms with Crippen LogP contribution in [0.1, 0.15) is 45.1 Å². The van der Waals surface area contributed by atoms with Crippen LogP contribution >= 0.6 is 0 Å². The number of nitrogens with one attached hydrogen (secondary N) is 2. The second-order valence-corrected chi connectivity index (χ2v) is 5.81. The first-order valence-electron chi connectivity index (χ1n) is 7.66. The highest BCUT2D eigenvalue weighted by Gasteiger charge is 2.25. The Morgan fingerprint density at radius 1 is 1.25 bits per heavy atom. The molecule has 0 saturated heterocycles. The minimum absolute atomic E-state index is 0.397. The summed E-state index contributed by atoms with van der Waals surface area (Å²) < 4.78 is 0. The molecule has 1 aliphatic carbocycles. The molecular formula is C15H27N5. The summed E-state index contributed by atoms with van der Waals surface area (Å²) in [6.45, 7) is 9.31. The molecule has 0 aliphatic heterocycles. The van der Waals surface area contributed by atoms with Gasteiger partial charge in [0.1, 0.15) is 18.0 Å². The average Bonchev–Trinajstić information content (AvgIpc) is 3.23. The van der Waals surface area contributed by atoms with Crippen molar-refractivity contribution in [2.75, 3.05) is 37.3 Å². The summed E-state index contributed by atoms with van der Waals surface area (Å²) >= 11 is 0. The van der Waals surface area contributed by atoms with E-state index in [0.717, 1.165) is 37.3 Å². The number of rotatable bonds is 8. The molecule has 5 nitrogen and oxygen atoms in total. The molecule has 0 unspecified atom stereocenters. The maximum absolute atomic E-state index is 4.42. The second kappa shape index (κ2) is 6.88. The fraction of sp³-hybridized carbons (Fsp3) is 0.733. The zero-order chi connectivity index (χ0) is 14.5. The van der Waals surface area contributed by atoms with Gasteiger partial charge in [0.25, 0.3) is 0 Å². The predicted molar refractivity (Wildman–Crippen MR) is 84.4 cm³/mol. The molecule has 1 aromatic rings. The molecule has 2 rings (SSSR count). The zero-order valence-corrected chi connectivity index (χ0v) is 13.1. The van der Waals surface area contributed by atoms with Crippen molar-refractivity contribution in [2.45, 2.75) is 45.6 Å². The first-order valence-corrected chi connectivity index (χ1v) is 7.66. The first-order chi connectivity index (χ1) is 9.63. The summed E-state index contributed by atoms with van der Waals surface area (Å²) in [6, 6.07) is 0.809. The summed E-state index contributed by atoms with van der Waals surface area (Å²) in [5, 5.41) is 6.80. The molecule has 1 aliphatic rings. The molecule has 0 spiro atoms. The lowest BCUT2D eigenvalue weighted by Gasteiger charge is -2.19. The minimum Gasteiger partial charge on any atom is -0.370 e. The van der Waals surface area contributed by atoms with Crippen LogP contribution in [0, 0.1) is 0 Å². The van der Waals surface area contributed by atoms with Gasteiger partial charge in [-0.3, -0.25) is 0 Å². The van der Waals surface area contributed by atoms with Crippen molar-refractivity contribution >= 4 is 11.6 Å². The van der Waals surface area contributed by atoms with Gasteiger partial charge >= 0.3 is 0 Å². The Morgan fingerprint density at radius 3 is 2.45 bits per heavy atom. The summed E-state index contributed by atoms with van der Waals surface area (Å²) in [6.07, 6.45) is 4.34. The van der Waals surface area contributed by atoms with Crippen LogP contribution in [0.4, 0.5) is 11.6 Å². The Labute approximate surface area is 122 Å². The molecule has 20 heavy (non-hydrogen) atoms. The molecule has 1 heterocycles. The van der Waals surface area contributed by atoms with Crippen LogP contribution in [0.15, 0.2) is 6.33 Å². The molecule has 2 N–H and O–H groups in total. The molecule has 1 aromatic heterocycles. The van der Waals surface area contributed by atoms with Gasteiger partial charge in [-0.05, 0) is 32.7 Å². The maximum atomic E-state index is 4.42. The van der Waals surface area contributed by atoms with Gasteiger partial charge < -0.3 is 15.5 Å². The van der Waals surface area contributed by atoms with E-state index in [1.165, 1.54) is 18.4 Å². The van der Waals surface area contributed by atoms with E-state index >= 15 is 0 Å². The highest BCUT2D eigenvalue weighted by molar-refractivity contribution is 5.58. The second-order valence-electron chi connectivity index (χ2n) is 5.81. The standard InChI is InChI=1S/C15H27N5/c1-5-16-14-13(11(2)3)15(19-10-18-14)17-8-9-20(4)12-6-7-12/h10-12H,5-9H2,1-4H3,(H2,16,17,18,19). The smallest absolute Gasteiger partial charge is 0.135 e. The van der Waals surface area contributed by atoms with E-state index in [0.29, 0.717) is 5.92 Å². The Kier molecular flexibility index (Phi) is 5.17. The third kappa shape index (κ3) is 3.82. The van der Waals surface area contributed by atoms with Gasteiger partial charge in [-0.15, -0.1) is 0 Å². The molecule has 1 fully saturated rings. The van der Waals surface area contributed by atoms with Gasteiger partial charge in [0, 0.05) is 31.2 Å². The lowest BCUT2D eigenvalue weighted by Crippen LogP contribution is -2.27. The third-order valence-corrected chi connectivity index (χ3v) is 3.73. The molecule has 0 radical (unpaired) electrons. The van der Waals surface area contributed by atoms with Crippen LogP contribution in [0.25, 0.3) is 0 Å². The van der Waals surface area contributed by atoms with E-state index < -0.39 is 0 Å². The van der Waals surface area contributed by atoms with Crippen LogP contribution in [0.2, 0.25) is 0 Å². The molecule has 0 amide bonds. The van der Waals surface area contributed by atoms with E-state index in [2.05, 4.69) is 53.3 Å². The van der Waals surface area contributed by atoms with Crippen molar-refractivity contribution < 1.29 is 0 Å². The van der Waals surface area contributed by atoms with Gasteiger partial charge in [-0.25, -0.2) is 9.97 Å². The van der Waals surface area contributed by atoms with E-state index in [9.17, 15) is 0 Å². The van der Waals surface area contributed by atoms with Crippen molar-refractivity contribution in [3.63, 3.8) is 0 Å².